The number of nitrogens with zero attached hydrogens (tertiary/aromatic N) is 10. The maximum Gasteiger partial charge on any atom is 0.247 e. The SMILES string of the molecule is CCc1cnn(C2(CC#N)CN(c3cccn4nc(NC5=CN(CC(=O)N6CCN(C)CC6)NC5)nc34)C2)c1. The average Bonchev–Trinajstić information content (AvgIpc) is 3.66. The summed E-state index contributed by atoms with van der Waals surface area (Å²) in [5.74, 6) is 0.609. The number of fused-ring (bicyclic) bond motifs is 1. The van der Waals surface area contributed by atoms with Gasteiger partial charge in [0.2, 0.25) is 11.9 Å². The molecular formula is C26H34N12O. The molecule has 0 aliphatic carbocycles. The number of pyridine rings is 1. The van der Waals surface area contributed by atoms with Gasteiger partial charge < -0.3 is 25.0 Å². The predicted octanol–water partition coefficient (Wildman–Crippen LogP) is 0.465. The predicted molar refractivity (Wildman–Crippen MR) is 146 cm³/mol. The second-order valence-corrected chi connectivity index (χ2v) is 10.6. The average molecular weight is 531 g/mol. The van der Waals surface area contributed by atoms with E-state index in [9.17, 15) is 10.1 Å². The number of hydrogen-bond acceptors (Lipinski definition) is 10. The summed E-state index contributed by atoms with van der Waals surface area (Å²) < 4.78 is 3.73. The number of anilines is 2. The van der Waals surface area contributed by atoms with Gasteiger partial charge in [-0.1, -0.05) is 6.92 Å². The van der Waals surface area contributed by atoms with Crippen LogP contribution in [0, 0.1) is 11.3 Å². The Morgan fingerprint density at radius 1 is 1.26 bits per heavy atom. The number of likely N-dealkylation sites (N-methyl/N-ethyl adjacent to an activating group) is 1. The lowest BCUT2D eigenvalue weighted by Crippen LogP contribution is -2.63. The Morgan fingerprint density at radius 3 is 2.82 bits per heavy atom. The third kappa shape index (κ3) is 4.88. The van der Waals surface area contributed by atoms with Crippen molar-refractivity contribution in [2.24, 2.45) is 0 Å². The van der Waals surface area contributed by atoms with Gasteiger partial charge in [0.15, 0.2) is 5.65 Å². The van der Waals surface area contributed by atoms with Crippen molar-refractivity contribution in [3.63, 3.8) is 0 Å². The van der Waals surface area contributed by atoms with E-state index in [-0.39, 0.29) is 18.0 Å². The van der Waals surface area contributed by atoms with Crippen LogP contribution in [-0.2, 0) is 16.8 Å². The van der Waals surface area contributed by atoms with Crippen LogP contribution in [-0.4, -0.2) is 105 Å². The lowest BCUT2D eigenvalue weighted by Gasteiger charge is -2.50. The van der Waals surface area contributed by atoms with E-state index >= 15 is 0 Å². The molecule has 13 nitrogen and oxygen atoms in total. The standard InChI is InChI=1S/C26H34N12O/c1-3-20-13-29-38(15-20)26(6-7-27)18-35(19-26)22-5-4-8-37-24(22)31-25(32-37)30-21-14-28-36(16-21)17-23(39)34-11-9-33(2)10-12-34/h4-5,8,13,15-16,28H,3,6,9-12,14,17-19H2,1-2H3,(H,30,32). The van der Waals surface area contributed by atoms with E-state index in [0.29, 0.717) is 32.0 Å². The molecule has 39 heavy (non-hydrogen) atoms. The Hall–Kier alpha value is -4.15. The highest BCUT2D eigenvalue weighted by molar-refractivity contribution is 5.78. The van der Waals surface area contributed by atoms with Gasteiger partial charge in [-0.05, 0) is 31.2 Å². The number of aryl methyl sites for hydroxylation is 1. The Balaban J connectivity index is 1.12. The molecule has 2 fully saturated rings. The molecule has 3 aliphatic rings. The topological polar surface area (TPSA) is 126 Å². The van der Waals surface area contributed by atoms with Gasteiger partial charge in [0.05, 0.1) is 36.6 Å². The molecule has 0 spiro atoms. The molecule has 1 amide bonds. The number of hydrazine groups is 1. The Morgan fingerprint density at radius 2 is 2.08 bits per heavy atom. The van der Waals surface area contributed by atoms with Crippen molar-refractivity contribution < 1.29 is 4.79 Å². The van der Waals surface area contributed by atoms with E-state index in [1.807, 2.05) is 45.3 Å². The van der Waals surface area contributed by atoms with Gasteiger partial charge in [-0.3, -0.25) is 9.48 Å². The number of nitriles is 1. The molecule has 2 saturated heterocycles. The second-order valence-electron chi connectivity index (χ2n) is 10.6. The third-order valence-electron chi connectivity index (χ3n) is 7.81. The molecule has 3 aromatic rings. The van der Waals surface area contributed by atoms with E-state index in [2.05, 4.69) is 57.0 Å². The van der Waals surface area contributed by atoms with Crippen LogP contribution in [0.5, 0.6) is 0 Å². The number of amides is 1. The smallest absolute Gasteiger partial charge is 0.247 e. The Bertz CT molecular complexity index is 1420. The first-order valence-electron chi connectivity index (χ1n) is 13.4. The molecule has 2 N–H and O–H groups in total. The molecular weight excluding hydrogens is 496 g/mol. The second kappa shape index (κ2) is 10.2. The lowest BCUT2D eigenvalue weighted by molar-refractivity contribution is -0.133. The van der Waals surface area contributed by atoms with Crippen molar-refractivity contribution in [3.8, 4) is 6.07 Å². The highest BCUT2D eigenvalue weighted by Gasteiger charge is 2.46. The maximum atomic E-state index is 12.7. The first-order valence-corrected chi connectivity index (χ1v) is 13.4. The Kier molecular flexibility index (Phi) is 6.58. The number of carbonyl (C=O) groups excluding carboxylic acids is 1. The van der Waals surface area contributed by atoms with Gasteiger partial charge in [0, 0.05) is 57.9 Å². The normalized spacial score (nSPS) is 19.2. The summed E-state index contributed by atoms with van der Waals surface area (Å²) in [4.78, 5) is 23.8. The largest absolute Gasteiger partial charge is 0.363 e. The number of rotatable bonds is 8. The zero-order chi connectivity index (χ0) is 27.0. The first kappa shape index (κ1) is 25.1. The van der Waals surface area contributed by atoms with E-state index in [4.69, 9.17) is 4.98 Å². The number of nitrogens with one attached hydrogen (secondary N) is 2. The third-order valence-corrected chi connectivity index (χ3v) is 7.81. The van der Waals surface area contributed by atoms with Crippen LogP contribution in [0.3, 0.4) is 0 Å². The van der Waals surface area contributed by atoms with E-state index in [1.165, 1.54) is 5.56 Å². The van der Waals surface area contributed by atoms with Gasteiger partial charge in [-0.2, -0.15) is 15.3 Å². The first-order chi connectivity index (χ1) is 19.0. The highest BCUT2D eigenvalue weighted by Crippen LogP contribution is 2.37. The molecule has 3 aliphatic heterocycles. The zero-order valence-corrected chi connectivity index (χ0v) is 22.4. The zero-order valence-electron chi connectivity index (χ0n) is 22.4. The summed E-state index contributed by atoms with van der Waals surface area (Å²) >= 11 is 0. The van der Waals surface area contributed by atoms with Crippen LogP contribution >= 0.6 is 0 Å². The molecule has 0 bridgehead atoms. The molecule has 3 aromatic heterocycles. The highest BCUT2D eigenvalue weighted by atomic mass is 16.2. The van der Waals surface area contributed by atoms with Crippen molar-refractivity contribution >= 4 is 23.2 Å². The summed E-state index contributed by atoms with van der Waals surface area (Å²) in [5.41, 5.74) is 6.66. The van der Waals surface area contributed by atoms with Crippen LogP contribution in [0.4, 0.5) is 11.6 Å². The van der Waals surface area contributed by atoms with Crippen LogP contribution in [0.1, 0.15) is 18.9 Å². The summed E-state index contributed by atoms with van der Waals surface area (Å²) in [6, 6.07) is 6.34. The quantitative estimate of drug-likeness (QED) is 0.424. The summed E-state index contributed by atoms with van der Waals surface area (Å²) in [6.45, 7) is 7.64. The van der Waals surface area contributed by atoms with Crippen molar-refractivity contribution in [1.82, 2.24) is 44.6 Å². The van der Waals surface area contributed by atoms with Crippen LogP contribution in [0.2, 0.25) is 0 Å². The van der Waals surface area contributed by atoms with Crippen LogP contribution in [0.25, 0.3) is 5.65 Å². The maximum absolute atomic E-state index is 12.7. The van der Waals surface area contributed by atoms with Crippen LogP contribution in [0.15, 0.2) is 42.6 Å². The summed E-state index contributed by atoms with van der Waals surface area (Å²) in [7, 11) is 2.08. The fourth-order valence-corrected chi connectivity index (χ4v) is 5.40. The monoisotopic (exact) mass is 530 g/mol. The van der Waals surface area contributed by atoms with Gasteiger partial charge in [-0.15, -0.1) is 5.10 Å². The minimum Gasteiger partial charge on any atom is -0.363 e. The van der Waals surface area contributed by atoms with Gasteiger partial charge >= 0.3 is 0 Å². The molecule has 0 aromatic carbocycles. The van der Waals surface area contributed by atoms with E-state index in [1.54, 1.807) is 4.52 Å². The van der Waals surface area contributed by atoms with Gasteiger partial charge in [0.25, 0.3) is 0 Å². The van der Waals surface area contributed by atoms with Gasteiger partial charge in [0.1, 0.15) is 12.1 Å². The molecule has 0 radical (unpaired) electrons. The molecule has 0 saturated carbocycles. The Labute approximate surface area is 227 Å². The number of carbonyl (C=O) groups is 1. The molecule has 13 heteroatoms. The number of aromatic nitrogens is 5. The summed E-state index contributed by atoms with van der Waals surface area (Å²) in [5, 5.41) is 23.8. The van der Waals surface area contributed by atoms with Crippen molar-refractivity contribution in [2.75, 3.05) is 69.6 Å². The minimum atomic E-state index is -0.346. The van der Waals surface area contributed by atoms with Crippen molar-refractivity contribution in [2.45, 2.75) is 25.3 Å². The number of hydrogen-bond donors (Lipinski definition) is 2. The van der Waals surface area contributed by atoms with Crippen LogP contribution < -0.4 is 15.6 Å². The fraction of sp³-hybridized carbons (Fsp3) is 0.500. The molecule has 6 rings (SSSR count). The van der Waals surface area contributed by atoms with Crippen molar-refractivity contribution in [1.29, 1.82) is 5.26 Å². The summed E-state index contributed by atoms with van der Waals surface area (Å²) in [6.07, 6.45) is 9.03. The van der Waals surface area contributed by atoms with E-state index < -0.39 is 0 Å². The molecule has 204 valence electrons. The van der Waals surface area contributed by atoms with E-state index in [0.717, 1.165) is 49.6 Å². The minimum absolute atomic E-state index is 0.117. The fourth-order valence-electron chi connectivity index (χ4n) is 5.40. The molecule has 0 atom stereocenters. The molecule has 6 heterocycles. The molecule has 0 unspecified atom stereocenters. The lowest BCUT2D eigenvalue weighted by atomic mass is 9.86. The number of piperazine rings is 1. The van der Waals surface area contributed by atoms with Crippen molar-refractivity contribution in [3.05, 3.63) is 48.2 Å². The van der Waals surface area contributed by atoms with Gasteiger partial charge in [-0.25, -0.2) is 9.94 Å².